The van der Waals surface area contributed by atoms with Gasteiger partial charge in [0.2, 0.25) is 0 Å². The van der Waals surface area contributed by atoms with E-state index in [2.05, 4.69) is 20.8 Å². The van der Waals surface area contributed by atoms with Crippen LogP contribution in [0.15, 0.2) is 83.6 Å². The van der Waals surface area contributed by atoms with E-state index in [0.717, 1.165) is 27.9 Å². The molecule has 9 heteroatoms. The summed E-state index contributed by atoms with van der Waals surface area (Å²) in [5.74, 6) is 0.834. The van der Waals surface area contributed by atoms with Crippen LogP contribution >= 0.6 is 62.3 Å². The Morgan fingerprint density at radius 2 is 1.60 bits per heavy atom. The zero-order valence-electron chi connectivity index (χ0n) is 18.6. The van der Waals surface area contributed by atoms with Crippen molar-refractivity contribution < 1.29 is 9.47 Å². The van der Waals surface area contributed by atoms with Crippen LogP contribution in [0.5, 0.6) is 5.75 Å². The third-order valence-electron chi connectivity index (χ3n) is 5.47. The minimum absolute atomic E-state index is 0.287. The molecule has 0 bridgehead atoms. The third kappa shape index (κ3) is 7.45. The summed E-state index contributed by atoms with van der Waals surface area (Å²) in [6.07, 6.45) is 3.55. The normalized spacial score (nSPS) is 14.9. The van der Waals surface area contributed by atoms with E-state index < -0.39 is 11.6 Å². The van der Waals surface area contributed by atoms with Gasteiger partial charge < -0.3 is 19.3 Å². The second-order valence-corrected chi connectivity index (χ2v) is 10.6. The number of nitrogens with zero attached hydrogens (tertiary/aromatic N) is 2. The monoisotopic (exact) mass is 614 g/mol. The van der Waals surface area contributed by atoms with E-state index in [-0.39, 0.29) is 6.61 Å². The Hall–Kier alpha value is -1.60. The number of halogens is 5. The topological polar surface area (TPSA) is 24.9 Å². The summed E-state index contributed by atoms with van der Waals surface area (Å²) in [6, 6.07) is 20.7. The first-order valence-corrected chi connectivity index (χ1v) is 13.3. The Balaban J connectivity index is 1.38. The molecule has 0 spiro atoms. The van der Waals surface area contributed by atoms with Gasteiger partial charge in [0.25, 0.3) is 0 Å². The number of hydrogen-bond acceptors (Lipinski definition) is 4. The molecule has 0 amide bonds. The van der Waals surface area contributed by atoms with E-state index in [1.54, 1.807) is 12.1 Å². The van der Waals surface area contributed by atoms with Crippen LogP contribution in [0, 0.1) is 0 Å². The molecule has 3 aromatic rings. The predicted molar refractivity (Wildman–Crippen MR) is 147 cm³/mol. The fourth-order valence-electron chi connectivity index (χ4n) is 3.58. The Morgan fingerprint density at radius 3 is 2.31 bits per heavy atom. The highest BCUT2D eigenvalue weighted by atomic mass is 79.9. The average Bonchev–Trinajstić information content (AvgIpc) is 3.31. The smallest absolute Gasteiger partial charge is 0.135 e. The maximum absolute atomic E-state index is 6.97. The average molecular weight is 617 g/mol. The fourth-order valence-corrected chi connectivity index (χ4v) is 4.78. The van der Waals surface area contributed by atoms with E-state index in [0.29, 0.717) is 28.3 Å². The van der Waals surface area contributed by atoms with Gasteiger partial charge in [-0.1, -0.05) is 80.5 Å². The Kier molecular flexibility index (Phi) is 9.51. The first-order chi connectivity index (χ1) is 16.9. The molecule has 2 unspecified atom stereocenters. The van der Waals surface area contributed by atoms with Gasteiger partial charge >= 0.3 is 0 Å². The maximum Gasteiger partial charge on any atom is 0.135 e. The van der Waals surface area contributed by atoms with Gasteiger partial charge in [0.15, 0.2) is 0 Å². The molecule has 0 radical (unpaired) electrons. The molecule has 0 aliphatic carbocycles. The first-order valence-electron chi connectivity index (χ1n) is 10.9. The molecule has 4 nitrogen and oxygen atoms in total. The van der Waals surface area contributed by atoms with Gasteiger partial charge in [-0.2, -0.15) is 0 Å². The molecule has 0 aromatic heterocycles. The van der Waals surface area contributed by atoms with Crippen molar-refractivity contribution in [3.63, 3.8) is 0 Å². The largest absolute Gasteiger partial charge is 0.492 e. The maximum atomic E-state index is 6.97. The summed E-state index contributed by atoms with van der Waals surface area (Å²) in [7, 11) is 0. The SMILES string of the molecule is Clc1ccc(C(OCc2ccc(Cl)cc2Cl)C(Cl)N2C=CN(CCOc3ccc(Br)cc3)C2)cc1. The molecule has 1 heterocycles. The quantitative estimate of drug-likeness (QED) is 0.169. The minimum Gasteiger partial charge on any atom is -0.492 e. The highest BCUT2D eigenvalue weighted by Crippen LogP contribution is 2.33. The predicted octanol–water partition coefficient (Wildman–Crippen LogP) is 8.36. The number of rotatable bonds is 10. The minimum atomic E-state index is -0.462. The van der Waals surface area contributed by atoms with Crippen LogP contribution in [0.2, 0.25) is 15.1 Å². The van der Waals surface area contributed by atoms with Gasteiger partial charge in [-0.3, -0.25) is 0 Å². The highest BCUT2D eigenvalue weighted by Gasteiger charge is 2.29. The van der Waals surface area contributed by atoms with Crippen LogP contribution in [0.25, 0.3) is 0 Å². The van der Waals surface area contributed by atoms with Gasteiger partial charge in [-0.05, 0) is 59.7 Å². The molecule has 0 saturated carbocycles. The van der Waals surface area contributed by atoms with Gasteiger partial charge in [-0.25, -0.2) is 0 Å². The first kappa shape index (κ1) is 26.5. The third-order valence-corrected chi connectivity index (χ3v) is 7.32. The van der Waals surface area contributed by atoms with E-state index in [4.69, 9.17) is 55.9 Å². The molecule has 4 rings (SSSR count). The van der Waals surface area contributed by atoms with Gasteiger partial charge in [0.1, 0.15) is 24.0 Å². The van der Waals surface area contributed by atoms with Crippen molar-refractivity contribution >= 4 is 62.3 Å². The second kappa shape index (κ2) is 12.6. The molecule has 184 valence electrons. The summed E-state index contributed by atoms with van der Waals surface area (Å²) >= 11 is 28.9. The van der Waals surface area contributed by atoms with Crippen molar-refractivity contribution in [2.75, 3.05) is 19.8 Å². The van der Waals surface area contributed by atoms with Crippen molar-refractivity contribution in [2.24, 2.45) is 0 Å². The van der Waals surface area contributed by atoms with Crippen LogP contribution in [-0.2, 0) is 11.3 Å². The van der Waals surface area contributed by atoms with E-state index in [9.17, 15) is 0 Å². The molecular formula is C26H23BrCl4N2O2. The lowest BCUT2D eigenvalue weighted by molar-refractivity contribution is 0.00651. The van der Waals surface area contributed by atoms with Crippen LogP contribution < -0.4 is 4.74 Å². The lowest BCUT2D eigenvalue weighted by atomic mass is 10.1. The lowest BCUT2D eigenvalue weighted by Crippen LogP contribution is -2.36. The van der Waals surface area contributed by atoms with Crippen molar-refractivity contribution in [3.05, 3.63) is 110 Å². The Labute approximate surface area is 234 Å². The number of benzene rings is 3. The van der Waals surface area contributed by atoms with Gasteiger partial charge in [0, 0.05) is 31.9 Å². The Bertz CT molecular complexity index is 1150. The van der Waals surface area contributed by atoms with Crippen molar-refractivity contribution in [1.82, 2.24) is 9.80 Å². The van der Waals surface area contributed by atoms with Crippen LogP contribution in [0.3, 0.4) is 0 Å². The highest BCUT2D eigenvalue weighted by molar-refractivity contribution is 9.10. The van der Waals surface area contributed by atoms with Gasteiger partial charge in [0.05, 0.1) is 19.8 Å². The molecule has 0 saturated heterocycles. The molecule has 0 N–H and O–H groups in total. The molecule has 1 aliphatic heterocycles. The Morgan fingerprint density at radius 1 is 0.886 bits per heavy atom. The van der Waals surface area contributed by atoms with E-state index >= 15 is 0 Å². The van der Waals surface area contributed by atoms with Crippen molar-refractivity contribution in [2.45, 2.75) is 18.2 Å². The van der Waals surface area contributed by atoms with Crippen molar-refractivity contribution in [1.29, 1.82) is 0 Å². The fraction of sp³-hybridized carbons (Fsp3) is 0.231. The molecule has 1 aliphatic rings. The van der Waals surface area contributed by atoms with Gasteiger partial charge in [-0.15, -0.1) is 0 Å². The number of hydrogen-bond donors (Lipinski definition) is 0. The van der Waals surface area contributed by atoms with Crippen LogP contribution in [0.1, 0.15) is 17.2 Å². The van der Waals surface area contributed by atoms with Crippen LogP contribution in [-0.4, -0.2) is 35.1 Å². The zero-order valence-corrected chi connectivity index (χ0v) is 23.2. The number of ether oxygens (including phenoxy) is 2. The van der Waals surface area contributed by atoms with Crippen molar-refractivity contribution in [3.8, 4) is 5.75 Å². The molecule has 2 atom stereocenters. The molecule has 35 heavy (non-hydrogen) atoms. The van der Waals surface area contributed by atoms with E-state index in [1.807, 2.05) is 71.9 Å². The second-order valence-electron chi connectivity index (χ2n) is 7.96. The zero-order chi connectivity index (χ0) is 24.8. The van der Waals surface area contributed by atoms with Crippen LogP contribution in [0.4, 0.5) is 0 Å². The summed E-state index contributed by atoms with van der Waals surface area (Å²) in [5.41, 5.74) is 1.29. The number of alkyl halides is 1. The molecular weight excluding hydrogens is 594 g/mol. The summed E-state index contributed by atoms with van der Waals surface area (Å²) in [6.45, 7) is 2.18. The standard InChI is InChI=1S/C26H23BrCl4N2O2/c27-20-4-9-23(10-5-20)34-14-13-32-11-12-33(17-32)26(31)25(18-1-6-21(28)7-2-18)35-16-19-3-8-22(29)15-24(19)30/h1-12,15,25-26H,13-14,16-17H2. The summed E-state index contributed by atoms with van der Waals surface area (Å²) in [4.78, 5) is 4.17. The summed E-state index contributed by atoms with van der Waals surface area (Å²) in [5, 5.41) is 1.78. The molecule has 0 fully saturated rings. The summed E-state index contributed by atoms with van der Waals surface area (Å²) < 4.78 is 13.2. The molecule has 3 aromatic carbocycles. The lowest BCUT2D eigenvalue weighted by Gasteiger charge is -2.31. The van der Waals surface area contributed by atoms with E-state index in [1.165, 1.54) is 0 Å².